The number of anilines is 1. The highest BCUT2D eigenvalue weighted by molar-refractivity contribution is 6.03. The quantitative estimate of drug-likeness (QED) is 0.434. The van der Waals surface area contributed by atoms with Crippen molar-refractivity contribution in [1.29, 1.82) is 0 Å². The number of carbonyl (C=O) groups is 2. The summed E-state index contributed by atoms with van der Waals surface area (Å²) in [5.74, 6) is 1.60. The maximum Gasteiger partial charge on any atom is 0.251 e. The second kappa shape index (κ2) is 10.5. The lowest BCUT2D eigenvalue weighted by molar-refractivity contribution is -0.111. The van der Waals surface area contributed by atoms with Gasteiger partial charge in [-0.25, -0.2) is 0 Å². The lowest BCUT2D eigenvalue weighted by atomic mass is 10.1. The Kier molecular flexibility index (Phi) is 7.05. The van der Waals surface area contributed by atoms with Crippen LogP contribution < -0.4 is 20.1 Å². The first-order valence-corrected chi connectivity index (χ1v) is 11.0. The van der Waals surface area contributed by atoms with Crippen LogP contribution in [0.15, 0.2) is 78.9 Å². The maximum absolute atomic E-state index is 12.5. The standard InChI is InChI=1S/C27H26N2O4/c1-2-32-22-14-16-23(17-15-22)33-25-6-4-3-5-24(25)29-26(30)18-9-19-7-10-20(11-8-19)27(31)28-21-12-13-21/h3-11,14-18,21H,2,12-13H2,1H3,(H,28,31)(H,29,30)/b18-9+. The smallest absolute Gasteiger partial charge is 0.251 e. The summed E-state index contributed by atoms with van der Waals surface area (Å²) in [6, 6.07) is 22.0. The van der Waals surface area contributed by atoms with Crippen molar-refractivity contribution in [1.82, 2.24) is 5.32 Å². The van der Waals surface area contributed by atoms with Gasteiger partial charge in [0.05, 0.1) is 12.3 Å². The van der Waals surface area contributed by atoms with Crippen molar-refractivity contribution in [2.45, 2.75) is 25.8 Å². The number of benzene rings is 3. The molecule has 0 heterocycles. The first-order chi connectivity index (χ1) is 16.1. The minimum Gasteiger partial charge on any atom is -0.494 e. The third kappa shape index (κ3) is 6.46. The van der Waals surface area contributed by atoms with Crippen LogP contribution in [0, 0.1) is 0 Å². The molecule has 33 heavy (non-hydrogen) atoms. The highest BCUT2D eigenvalue weighted by Crippen LogP contribution is 2.30. The van der Waals surface area contributed by atoms with Crippen LogP contribution >= 0.6 is 0 Å². The highest BCUT2D eigenvalue weighted by atomic mass is 16.5. The molecule has 0 spiro atoms. The Bertz CT molecular complexity index is 1130. The van der Waals surface area contributed by atoms with E-state index in [1.54, 1.807) is 30.3 Å². The molecule has 0 atom stereocenters. The lowest BCUT2D eigenvalue weighted by Gasteiger charge is -2.12. The van der Waals surface area contributed by atoms with Gasteiger partial charge in [0.1, 0.15) is 11.5 Å². The van der Waals surface area contributed by atoms with E-state index in [1.807, 2.05) is 55.5 Å². The van der Waals surface area contributed by atoms with Gasteiger partial charge in [-0.05, 0) is 79.9 Å². The number of carbonyl (C=O) groups excluding carboxylic acids is 2. The van der Waals surface area contributed by atoms with E-state index >= 15 is 0 Å². The van der Waals surface area contributed by atoms with Gasteiger partial charge in [0.15, 0.2) is 5.75 Å². The second-order valence-electron chi connectivity index (χ2n) is 7.69. The van der Waals surface area contributed by atoms with Crippen molar-refractivity contribution in [3.05, 3.63) is 90.0 Å². The van der Waals surface area contributed by atoms with Crippen LogP contribution in [-0.4, -0.2) is 24.5 Å². The number of rotatable bonds is 9. The molecule has 0 aliphatic heterocycles. The molecule has 0 aromatic heterocycles. The van der Waals surface area contributed by atoms with Crippen LogP contribution in [0.1, 0.15) is 35.7 Å². The Morgan fingerprint density at radius 3 is 2.33 bits per heavy atom. The number of hydrogen-bond donors (Lipinski definition) is 2. The largest absolute Gasteiger partial charge is 0.494 e. The zero-order valence-electron chi connectivity index (χ0n) is 18.4. The zero-order chi connectivity index (χ0) is 23.0. The molecular formula is C27H26N2O4. The minimum atomic E-state index is -0.284. The summed E-state index contributed by atoms with van der Waals surface area (Å²) in [5.41, 5.74) is 2.00. The SMILES string of the molecule is CCOc1ccc(Oc2ccccc2NC(=O)/C=C/c2ccc(C(=O)NC3CC3)cc2)cc1. The summed E-state index contributed by atoms with van der Waals surface area (Å²) in [7, 11) is 0. The van der Waals surface area contributed by atoms with Crippen molar-refractivity contribution in [3.8, 4) is 17.2 Å². The molecule has 0 bridgehead atoms. The molecule has 3 aromatic rings. The van der Waals surface area contributed by atoms with E-state index in [4.69, 9.17) is 9.47 Å². The van der Waals surface area contributed by atoms with E-state index < -0.39 is 0 Å². The van der Waals surface area contributed by atoms with Crippen LogP contribution in [0.4, 0.5) is 5.69 Å². The molecule has 1 saturated carbocycles. The summed E-state index contributed by atoms with van der Waals surface area (Å²) in [6.07, 6.45) is 5.26. The van der Waals surface area contributed by atoms with Crippen LogP contribution in [0.3, 0.4) is 0 Å². The highest BCUT2D eigenvalue weighted by Gasteiger charge is 2.23. The van der Waals surface area contributed by atoms with Gasteiger partial charge in [-0.15, -0.1) is 0 Å². The third-order valence-corrected chi connectivity index (χ3v) is 5.02. The number of para-hydroxylation sites is 2. The summed E-state index contributed by atoms with van der Waals surface area (Å²) in [4.78, 5) is 24.5. The van der Waals surface area contributed by atoms with E-state index in [0.717, 1.165) is 24.2 Å². The fourth-order valence-corrected chi connectivity index (χ4v) is 3.14. The van der Waals surface area contributed by atoms with E-state index in [1.165, 1.54) is 6.08 Å². The molecule has 6 heteroatoms. The monoisotopic (exact) mass is 442 g/mol. The van der Waals surface area contributed by atoms with Gasteiger partial charge in [-0.2, -0.15) is 0 Å². The van der Waals surface area contributed by atoms with Crippen molar-refractivity contribution < 1.29 is 19.1 Å². The number of nitrogens with one attached hydrogen (secondary N) is 2. The van der Waals surface area contributed by atoms with Gasteiger partial charge in [0.25, 0.3) is 5.91 Å². The summed E-state index contributed by atoms with van der Waals surface area (Å²) >= 11 is 0. The fourth-order valence-electron chi connectivity index (χ4n) is 3.14. The summed E-state index contributed by atoms with van der Waals surface area (Å²) in [5, 5.41) is 5.81. The Hall–Kier alpha value is -4.06. The molecule has 1 aliphatic rings. The second-order valence-corrected chi connectivity index (χ2v) is 7.69. The van der Waals surface area contributed by atoms with Gasteiger partial charge >= 0.3 is 0 Å². The van der Waals surface area contributed by atoms with Crippen molar-refractivity contribution >= 4 is 23.6 Å². The van der Waals surface area contributed by atoms with Crippen molar-refractivity contribution in [2.75, 3.05) is 11.9 Å². The maximum atomic E-state index is 12.5. The van der Waals surface area contributed by atoms with Crippen LogP contribution in [0.25, 0.3) is 6.08 Å². The Balaban J connectivity index is 1.36. The number of ether oxygens (including phenoxy) is 2. The first kappa shape index (κ1) is 22.1. The number of amides is 2. The lowest BCUT2D eigenvalue weighted by Crippen LogP contribution is -2.25. The van der Waals surface area contributed by atoms with E-state index in [-0.39, 0.29) is 11.8 Å². The van der Waals surface area contributed by atoms with Crippen molar-refractivity contribution in [3.63, 3.8) is 0 Å². The normalized spacial score (nSPS) is 12.9. The molecule has 1 fully saturated rings. The number of hydrogen-bond acceptors (Lipinski definition) is 4. The summed E-state index contributed by atoms with van der Waals surface area (Å²) in [6.45, 7) is 2.53. The molecule has 3 aromatic carbocycles. The van der Waals surface area contributed by atoms with Gasteiger partial charge in [0.2, 0.25) is 5.91 Å². The zero-order valence-corrected chi connectivity index (χ0v) is 18.4. The summed E-state index contributed by atoms with van der Waals surface area (Å²) < 4.78 is 11.4. The van der Waals surface area contributed by atoms with E-state index in [9.17, 15) is 9.59 Å². The van der Waals surface area contributed by atoms with Crippen molar-refractivity contribution in [2.24, 2.45) is 0 Å². The third-order valence-electron chi connectivity index (χ3n) is 5.02. The predicted octanol–water partition coefficient (Wildman–Crippen LogP) is 5.42. The molecule has 0 saturated heterocycles. The minimum absolute atomic E-state index is 0.0603. The van der Waals surface area contributed by atoms with Crippen LogP contribution in [0.5, 0.6) is 17.2 Å². The van der Waals surface area contributed by atoms with Gasteiger partial charge in [0, 0.05) is 17.7 Å². The molecule has 6 nitrogen and oxygen atoms in total. The van der Waals surface area contributed by atoms with Crippen LogP contribution in [-0.2, 0) is 4.79 Å². The predicted molar refractivity (Wildman–Crippen MR) is 129 cm³/mol. The molecule has 4 rings (SSSR count). The van der Waals surface area contributed by atoms with Crippen LogP contribution in [0.2, 0.25) is 0 Å². The molecule has 2 amide bonds. The molecular weight excluding hydrogens is 416 g/mol. The average Bonchev–Trinajstić information content (AvgIpc) is 3.65. The van der Waals surface area contributed by atoms with Gasteiger partial charge < -0.3 is 20.1 Å². The molecule has 168 valence electrons. The Labute approximate surface area is 193 Å². The average molecular weight is 443 g/mol. The topological polar surface area (TPSA) is 76.7 Å². The van der Waals surface area contributed by atoms with E-state index in [2.05, 4.69) is 10.6 Å². The van der Waals surface area contributed by atoms with E-state index in [0.29, 0.717) is 35.4 Å². The molecule has 0 radical (unpaired) electrons. The van der Waals surface area contributed by atoms with Gasteiger partial charge in [-0.3, -0.25) is 9.59 Å². The Morgan fingerprint density at radius 1 is 0.939 bits per heavy atom. The molecule has 1 aliphatic carbocycles. The molecule has 2 N–H and O–H groups in total. The first-order valence-electron chi connectivity index (χ1n) is 11.0. The molecule has 0 unspecified atom stereocenters. The fraction of sp³-hybridized carbons (Fsp3) is 0.185. The van der Waals surface area contributed by atoms with Gasteiger partial charge in [-0.1, -0.05) is 24.3 Å². The Morgan fingerprint density at radius 2 is 1.64 bits per heavy atom.